The average molecular weight is 149 g/mol. The standard InChI is InChI=1S/C4H3ClNOS/c5-4-6-1-3(2-7)8-4/h1H,2H2. The van der Waals surface area contributed by atoms with E-state index in [0.29, 0.717) is 9.34 Å². The number of thiazole rings is 1. The molecule has 1 rings (SSSR count). The summed E-state index contributed by atoms with van der Waals surface area (Å²) in [6, 6.07) is 0. The van der Waals surface area contributed by atoms with Crippen molar-refractivity contribution >= 4 is 22.9 Å². The summed E-state index contributed by atoms with van der Waals surface area (Å²) in [5.74, 6) is 0. The van der Waals surface area contributed by atoms with Crippen molar-refractivity contribution in [3.63, 3.8) is 0 Å². The van der Waals surface area contributed by atoms with Gasteiger partial charge in [0.15, 0.2) is 4.47 Å². The smallest absolute Gasteiger partial charge is 0.183 e. The van der Waals surface area contributed by atoms with Crippen LogP contribution < -0.4 is 0 Å². The normalized spacial score (nSPS) is 9.75. The van der Waals surface area contributed by atoms with Gasteiger partial charge in [0.2, 0.25) is 0 Å². The molecule has 0 atom stereocenters. The summed E-state index contributed by atoms with van der Waals surface area (Å²) in [6.45, 7) is -0.218. The Kier molecular flexibility index (Phi) is 1.83. The zero-order valence-electron chi connectivity index (χ0n) is 3.93. The first-order valence-corrected chi connectivity index (χ1v) is 3.20. The molecule has 0 aromatic carbocycles. The number of rotatable bonds is 1. The van der Waals surface area contributed by atoms with Crippen molar-refractivity contribution in [2.45, 2.75) is 6.61 Å². The van der Waals surface area contributed by atoms with Crippen LogP contribution >= 0.6 is 22.9 Å². The maximum Gasteiger partial charge on any atom is 0.183 e. The fourth-order valence-electron chi connectivity index (χ4n) is 0.350. The van der Waals surface area contributed by atoms with Crippen molar-refractivity contribution in [2.24, 2.45) is 0 Å². The second kappa shape index (κ2) is 2.44. The number of nitrogens with zero attached hydrogens (tertiary/aromatic N) is 1. The highest BCUT2D eigenvalue weighted by atomic mass is 35.5. The molecule has 0 aliphatic carbocycles. The third-order valence-electron chi connectivity index (χ3n) is 0.668. The number of hydrogen-bond donors (Lipinski definition) is 0. The SMILES string of the molecule is [O]Cc1cnc(Cl)s1. The van der Waals surface area contributed by atoms with Gasteiger partial charge in [0.25, 0.3) is 0 Å². The minimum absolute atomic E-state index is 0.218. The van der Waals surface area contributed by atoms with Crippen LogP contribution in [0, 0.1) is 0 Å². The summed E-state index contributed by atoms with van der Waals surface area (Å²) in [6.07, 6.45) is 1.50. The molecular weight excluding hydrogens is 146 g/mol. The van der Waals surface area contributed by atoms with Crippen LogP contribution in [0.3, 0.4) is 0 Å². The molecule has 0 saturated heterocycles. The molecule has 2 nitrogen and oxygen atoms in total. The quantitative estimate of drug-likeness (QED) is 0.597. The summed E-state index contributed by atoms with van der Waals surface area (Å²) in [5.41, 5.74) is 0. The Labute approximate surface area is 55.8 Å². The molecule has 0 amide bonds. The lowest BCUT2D eigenvalue weighted by atomic mass is 10.6. The van der Waals surface area contributed by atoms with Crippen molar-refractivity contribution in [2.75, 3.05) is 0 Å². The molecule has 43 valence electrons. The third-order valence-corrected chi connectivity index (χ3v) is 1.76. The Morgan fingerprint density at radius 2 is 2.62 bits per heavy atom. The summed E-state index contributed by atoms with van der Waals surface area (Å²) in [7, 11) is 0. The van der Waals surface area contributed by atoms with Crippen LogP contribution in [0.2, 0.25) is 4.47 Å². The fourth-order valence-corrected chi connectivity index (χ4v) is 1.18. The van der Waals surface area contributed by atoms with Crippen molar-refractivity contribution in [3.05, 3.63) is 15.5 Å². The van der Waals surface area contributed by atoms with E-state index in [0.717, 1.165) is 0 Å². The average Bonchev–Trinajstić information content (AvgIpc) is 2.14. The van der Waals surface area contributed by atoms with Crippen LogP contribution in [0.1, 0.15) is 4.88 Å². The Bertz CT molecular complexity index is 176. The first-order valence-electron chi connectivity index (χ1n) is 2.01. The van der Waals surface area contributed by atoms with Crippen LogP contribution in [0.25, 0.3) is 0 Å². The summed E-state index contributed by atoms with van der Waals surface area (Å²) < 4.78 is 0.441. The van der Waals surface area contributed by atoms with Crippen molar-refractivity contribution in [1.82, 2.24) is 4.98 Å². The van der Waals surface area contributed by atoms with Gasteiger partial charge in [-0.3, -0.25) is 0 Å². The summed E-state index contributed by atoms with van der Waals surface area (Å²) in [4.78, 5) is 4.36. The molecule has 0 N–H and O–H groups in total. The van der Waals surface area contributed by atoms with Gasteiger partial charge in [0.1, 0.15) is 6.61 Å². The Hall–Kier alpha value is -0.120. The van der Waals surface area contributed by atoms with Crippen LogP contribution in [-0.4, -0.2) is 4.98 Å². The monoisotopic (exact) mass is 148 g/mol. The molecule has 1 radical (unpaired) electrons. The second-order valence-electron chi connectivity index (χ2n) is 1.22. The molecule has 0 unspecified atom stereocenters. The first kappa shape index (κ1) is 6.01. The predicted octanol–water partition coefficient (Wildman–Crippen LogP) is 1.73. The van der Waals surface area contributed by atoms with Gasteiger partial charge in [-0.1, -0.05) is 11.6 Å². The third kappa shape index (κ3) is 1.18. The molecule has 1 heterocycles. The van der Waals surface area contributed by atoms with Crippen molar-refractivity contribution < 1.29 is 5.11 Å². The van der Waals surface area contributed by atoms with Crippen LogP contribution in [-0.2, 0) is 11.7 Å². The van der Waals surface area contributed by atoms with Gasteiger partial charge in [-0.15, -0.1) is 11.3 Å². The van der Waals surface area contributed by atoms with E-state index in [-0.39, 0.29) is 6.61 Å². The molecule has 4 heteroatoms. The molecule has 0 fully saturated rings. The maximum atomic E-state index is 10.1. The summed E-state index contributed by atoms with van der Waals surface area (Å²) in [5, 5.41) is 10.1. The largest absolute Gasteiger partial charge is 0.233 e. The van der Waals surface area contributed by atoms with E-state index in [1.165, 1.54) is 17.5 Å². The Balaban J connectivity index is 2.84. The van der Waals surface area contributed by atoms with Gasteiger partial charge in [-0.2, -0.15) is 0 Å². The Morgan fingerprint density at radius 1 is 1.88 bits per heavy atom. The molecule has 0 aliphatic rings. The van der Waals surface area contributed by atoms with Crippen molar-refractivity contribution in [1.29, 1.82) is 0 Å². The van der Waals surface area contributed by atoms with Crippen LogP contribution in [0.4, 0.5) is 0 Å². The zero-order chi connectivity index (χ0) is 5.98. The van der Waals surface area contributed by atoms with E-state index in [4.69, 9.17) is 11.6 Å². The molecule has 0 bridgehead atoms. The topological polar surface area (TPSA) is 32.8 Å². The molecule has 0 saturated carbocycles. The highest BCUT2D eigenvalue weighted by molar-refractivity contribution is 7.15. The van der Waals surface area contributed by atoms with Gasteiger partial charge in [0, 0.05) is 6.20 Å². The zero-order valence-corrected chi connectivity index (χ0v) is 5.50. The lowest BCUT2D eigenvalue weighted by molar-refractivity contribution is 0.180. The van der Waals surface area contributed by atoms with Gasteiger partial charge < -0.3 is 0 Å². The minimum Gasteiger partial charge on any atom is -0.233 e. The van der Waals surface area contributed by atoms with Crippen LogP contribution in [0.15, 0.2) is 6.20 Å². The number of halogens is 1. The number of aromatic nitrogens is 1. The molecule has 1 aromatic rings. The van der Waals surface area contributed by atoms with E-state index in [2.05, 4.69) is 4.98 Å². The molecular formula is C4H3ClNOS. The highest BCUT2D eigenvalue weighted by Gasteiger charge is 1.95. The number of hydrogen-bond acceptors (Lipinski definition) is 2. The van der Waals surface area contributed by atoms with Crippen molar-refractivity contribution in [3.8, 4) is 0 Å². The fraction of sp³-hybridized carbons (Fsp3) is 0.250. The van der Waals surface area contributed by atoms with E-state index in [1.54, 1.807) is 0 Å². The van der Waals surface area contributed by atoms with Gasteiger partial charge in [-0.05, 0) is 0 Å². The maximum absolute atomic E-state index is 10.1. The lowest BCUT2D eigenvalue weighted by Crippen LogP contribution is -1.67. The van der Waals surface area contributed by atoms with E-state index in [9.17, 15) is 5.11 Å². The molecule has 0 spiro atoms. The van der Waals surface area contributed by atoms with E-state index < -0.39 is 0 Å². The van der Waals surface area contributed by atoms with Gasteiger partial charge in [0.05, 0.1) is 4.88 Å². The van der Waals surface area contributed by atoms with E-state index in [1.807, 2.05) is 0 Å². The molecule has 1 aromatic heterocycles. The second-order valence-corrected chi connectivity index (χ2v) is 2.92. The molecule has 0 aliphatic heterocycles. The van der Waals surface area contributed by atoms with Gasteiger partial charge >= 0.3 is 0 Å². The first-order chi connectivity index (χ1) is 3.83. The van der Waals surface area contributed by atoms with Gasteiger partial charge in [-0.25, -0.2) is 10.1 Å². The Morgan fingerprint density at radius 3 is 2.88 bits per heavy atom. The minimum atomic E-state index is -0.218. The van der Waals surface area contributed by atoms with Crippen LogP contribution in [0.5, 0.6) is 0 Å². The highest BCUT2D eigenvalue weighted by Crippen LogP contribution is 2.16. The predicted molar refractivity (Wildman–Crippen MR) is 31.5 cm³/mol. The molecule has 8 heavy (non-hydrogen) atoms. The van der Waals surface area contributed by atoms with E-state index >= 15 is 0 Å². The lowest BCUT2D eigenvalue weighted by Gasteiger charge is -1.74. The summed E-state index contributed by atoms with van der Waals surface area (Å²) >= 11 is 6.64.